The number of benzene rings is 6. The van der Waals surface area contributed by atoms with Crippen LogP contribution in [-0.4, -0.2) is 9.97 Å². The number of para-hydroxylation sites is 3. The highest BCUT2D eigenvalue weighted by Gasteiger charge is 2.15. The molecule has 0 amide bonds. The lowest BCUT2D eigenvalue weighted by molar-refractivity contribution is 0.669. The zero-order valence-electron chi connectivity index (χ0n) is 19.8. The number of furan rings is 1. The molecule has 0 unspecified atom stereocenters. The summed E-state index contributed by atoms with van der Waals surface area (Å²) in [5, 5.41) is 7.02. The number of nitrogens with zero attached hydrogens (tertiary/aromatic N) is 2. The summed E-state index contributed by atoms with van der Waals surface area (Å²) in [6.07, 6.45) is 0. The van der Waals surface area contributed by atoms with Gasteiger partial charge in [0, 0.05) is 21.9 Å². The van der Waals surface area contributed by atoms with Crippen molar-refractivity contribution in [2.45, 2.75) is 0 Å². The topological polar surface area (TPSA) is 38.9 Å². The highest BCUT2D eigenvalue weighted by molar-refractivity contribution is 6.16. The van der Waals surface area contributed by atoms with Crippen molar-refractivity contribution in [1.29, 1.82) is 0 Å². The molecule has 0 aliphatic carbocycles. The normalized spacial score (nSPS) is 11.8. The molecule has 6 aromatic carbocycles. The highest BCUT2D eigenvalue weighted by Crippen LogP contribution is 2.37. The molecule has 3 heteroatoms. The van der Waals surface area contributed by atoms with Crippen molar-refractivity contribution in [3.05, 3.63) is 121 Å². The summed E-state index contributed by atoms with van der Waals surface area (Å²) in [6, 6.07) is 42.0. The predicted molar refractivity (Wildman–Crippen MR) is 153 cm³/mol. The van der Waals surface area contributed by atoms with Crippen LogP contribution in [0.4, 0.5) is 0 Å². The van der Waals surface area contributed by atoms with E-state index in [0.29, 0.717) is 0 Å². The molecule has 2 heterocycles. The fraction of sp³-hybridized carbons (Fsp3) is 0. The molecular weight excluding hydrogens is 452 g/mol. The summed E-state index contributed by atoms with van der Waals surface area (Å²) in [5.41, 5.74) is 7.50. The quantitative estimate of drug-likeness (QED) is 0.235. The van der Waals surface area contributed by atoms with Gasteiger partial charge in [0.1, 0.15) is 11.2 Å². The van der Waals surface area contributed by atoms with E-state index in [-0.39, 0.29) is 0 Å². The smallest absolute Gasteiger partial charge is 0.136 e. The fourth-order valence-electron chi connectivity index (χ4n) is 5.42. The van der Waals surface area contributed by atoms with E-state index in [0.717, 1.165) is 60.9 Å². The zero-order chi connectivity index (χ0) is 24.3. The van der Waals surface area contributed by atoms with Gasteiger partial charge < -0.3 is 4.42 Å². The van der Waals surface area contributed by atoms with E-state index in [1.807, 2.05) is 54.6 Å². The van der Waals surface area contributed by atoms with Crippen LogP contribution < -0.4 is 0 Å². The summed E-state index contributed by atoms with van der Waals surface area (Å²) in [7, 11) is 0. The van der Waals surface area contributed by atoms with Gasteiger partial charge in [0.15, 0.2) is 0 Å². The van der Waals surface area contributed by atoms with Gasteiger partial charge in [0.05, 0.1) is 22.4 Å². The molecule has 8 rings (SSSR count). The summed E-state index contributed by atoms with van der Waals surface area (Å²) in [5.74, 6) is 0. The molecule has 0 fully saturated rings. The molecular formula is C34H20N2O. The van der Waals surface area contributed by atoms with Gasteiger partial charge in [-0.15, -0.1) is 0 Å². The standard InChI is InChI=1S/C34H20N2O/c1-2-8-22(9-3-1)33-34(36-30-12-6-5-11-29(30)35-33)24-17-15-21-14-16-23-19-32-28(20-27(23)26(21)18-24)25-10-4-7-13-31(25)37-32/h1-20H. The lowest BCUT2D eigenvalue weighted by Gasteiger charge is -2.12. The Hall–Kier alpha value is -5.02. The maximum Gasteiger partial charge on any atom is 0.136 e. The first kappa shape index (κ1) is 20.2. The minimum absolute atomic E-state index is 0.888. The Morgan fingerprint density at radius 1 is 0.405 bits per heavy atom. The van der Waals surface area contributed by atoms with Gasteiger partial charge >= 0.3 is 0 Å². The molecule has 0 spiro atoms. The maximum atomic E-state index is 6.15. The first-order valence-corrected chi connectivity index (χ1v) is 12.4. The van der Waals surface area contributed by atoms with Gasteiger partial charge in [-0.05, 0) is 57.9 Å². The molecule has 2 aromatic heterocycles. The molecule has 0 saturated carbocycles. The van der Waals surface area contributed by atoms with Crippen LogP contribution in [0.15, 0.2) is 126 Å². The first-order chi connectivity index (χ1) is 18.3. The largest absolute Gasteiger partial charge is 0.456 e. The van der Waals surface area contributed by atoms with Crippen molar-refractivity contribution < 1.29 is 4.42 Å². The Bertz CT molecular complexity index is 2140. The van der Waals surface area contributed by atoms with Crippen LogP contribution in [0, 0.1) is 0 Å². The van der Waals surface area contributed by atoms with Gasteiger partial charge in [0.2, 0.25) is 0 Å². The third-order valence-electron chi connectivity index (χ3n) is 7.23. The van der Waals surface area contributed by atoms with Gasteiger partial charge in [-0.25, -0.2) is 9.97 Å². The van der Waals surface area contributed by atoms with E-state index in [2.05, 4.69) is 66.7 Å². The lowest BCUT2D eigenvalue weighted by atomic mass is 9.96. The van der Waals surface area contributed by atoms with Crippen LogP contribution in [0.3, 0.4) is 0 Å². The number of rotatable bonds is 2. The van der Waals surface area contributed by atoms with Gasteiger partial charge in [0.25, 0.3) is 0 Å². The van der Waals surface area contributed by atoms with Crippen LogP contribution in [0.5, 0.6) is 0 Å². The molecule has 0 aliphatic heterocycles. The van der Waals surface area contributed by atoms with Crippen molar-refractivity contribution in [2.75, 3.05) is 0 Å². The van der Waals surface area contributed by atoms with Crippen LogP contribution in [-0.2, 0) is 0 Å². The number of hydrogen-bond acceptors (Lipinski definition) is 3. The van der Waals surface area contributed by atoms with Crippen LogP contribution in [0.1, 0.15) is 0 Å². The van der Waals surface area contributed by atoms with Crippen molar-refractivity contribution in [1.82, 2.24) is 9.97 Å². The first-order valence-electron chi connectivity index (χ1n) is 12.4. The van der Waals surface area contributed by atoms with Gasteiger partial charge in [-0.3, -0.25) is 0 Å². The molecule has 0 N–H and O–H groups in total. The van der Waals surface area contributed by atoms with E-state index >= 15 is 0 Å². The summed E-state index contributed by atoms with van der Waals surface area (Å²) < 4.78 is 6.15. The monoisotopic (exact) mass is 472 g/mol. The average Bonchev–Trinajstić information content (AvgIpc) is 3.33. The molecule has 3 nitrogen and oxygen atoms in total. The molecule has 172 valence electrons. The summed E-state index contributed by atoms with van der Waals surface area (Å²) in [6.45, 7) is 0. The SMILES string of the molecule is c1ccc(-c2nc3ccccc3nc2-c2ccc3ccc4cc5oc6ccccc6c5cc4c3c2)cc1. The molecule has 0 bridgehead atoms. The van der Waals surface area contributed by atoms with Crippen molar-refractivity contribution >= 4 is 54.5 Å². The van der Waals surface area contributed by atoms with Gasteiger partial charge in [-0.1, -0.05) is 84.9 Å². The number of aromatic nitrogens is 2. The van der Waals surface area contributed by atoms with Crippen molar-refractivity contribution in [3.63, 3.8) is 0 Å². The molecule has 37 heavy (non-hydrogen) atoms. The highest BCUT2D eigenvalue weighted by atomic mass is 16.3. The number of fused-ring (bicyclic) bond motifs is 7. The van der Waals surface area contributed by atoms with E-state index < -0.39 is 0 Å². The minimum atomic E-state index is 0.888. The number of hydrogen-bond donors (Lipinski definition) is 0. The Kier molecular flexibility index (Phi) is 4.23. The Labute approximate surface area is 212 Å². The molecule has 0 atom stereocenters. The minimum Gasteiger partial charge on any atom is -0.456 e. The summed E-state index contributed by atoms with van der Waals surface area (Å²) in [4.78, 5) is 10.2. The fourth-order valence-corrected chi connectivity index (χ4v) is 5.42. The molecule has 8 aromatic rings. The third kappa shape index (κ3) is 3.14. The second-order valence-electron chi connectivity index (χ2n) is 9.44. The molecule has 0 saturated heterocycles. The maximum absolute atomic E-state index is 6.15. The Morgan fingerprint density at radius 2 is 1.05 bits per heavy atom. The second kappa shape index (κ2) is 7.74. The Morgan fingerprint density at radius 3 is 1.89 bits per heavy atom. The van der Waals surface area contributed by atoms with Crippen LogP contribution in [0.2, 0.25) is 0 Å². The Balaban J connectivity index is 1.43. The van der Waals surface area contributed by atoms with E-state index in [9.17, 15) is 0 Å². The molecule has 0 aliphatic rings. The van der Waals surface area contributed by atoms with E-state index in [1.54, 1.807) is 0 Å². The molecule has 0 radical (unpaired) electrons. The third-order valence-corrected chi connectivity index (χ3v) is 7.23. The van der Waals surface area contributed by atoms with E-state index in [4.69, 9.17) is 14.4 Å². The van der Waals surface area contributed by atoms with Gasteiger partial charge in [-0.2, -0.15) is 0 Å². The van der Waals surface area contributed by atoms with Crippen molar-refractivity contribution in [3.8, 4) is 22.5 Å². The van der Waals surface area contributed by atoms with Crippen molar-refractivity contribution in [2.24, 2.45) is 0 Å². The van der Waals surface area contributed by atoms with Crippen LogP contribution >= 0.6 is 0 Å². The average molecular weight is 473 g/mol. The van der Waals surface area contributed by atoms with E-state index in [1.165, 1.54) is 16.2 Å². The predicted octanol–water partition coefficient (Wildman–Crippen LogP) is 9.17. The van der Waals surface area contributed by atoms with Crippen LogP contribution in [0.25, 0.3) is 77.0 Å². The zero-order valence-corrected chi connectivity index (χ0v) is 19.8. The second-order valence-corrected chi connectivity index (χ2v) is 9.44. The summed E-state index contributed by atoms with van der Waals surface area (Å²) >= 11 is 0. The lowest BCUT2D eigenvalue weighted by Crippen LogP contribution is -1.95.